The monoisotopic (exact) mass is 471 g/mol. The summed E-state index contributed by atoms with van der Waals surface area (Å²) in [6.45, 7) is 2.01. The highest BCUT2D eigenvalue weighted by atomic mass is 16.5. The van der Waals surface area contributed by atoms with Crippen molar-refractivity contribution in [3.8, 4) is 5.75 Å². The van der Waals surface area contributed by atoms with Gasteiger partial charge in [-0.3, -0.25) is 19.3 Å². The first-order valence-corrected chi connectivity index (χ1v) is 11.2. The maximum absolute atomic E-state index is 13.2. The van der Waals surface area contributed by atoms with Crippen LogP contribution in [0, 0.1) is 0 Å². The number of rotatable bonds is 6. The molecule has 35 heavy (non-hydrogen) atoms. The lowest BCUT2D eigenvalue weighted by Gasteiger charge is -2.25. The van der Waals surface area contributed by atoms with Crippen molar-refractivity contribution in [2.24, 2.45) is 0 Å². The summed E-state index contributed by atoms with van der Waals surface area (Å²) in [7, 11) is 1.31. The van der Waals surface area contributed by atoms with Gasteiger partial charge in [-0.2, -0.15) is 0 Å². The molecular weight excluding hydrogens is 446 g/mol. The normalized spacial score (nSPS) is 17.0. The Labute approximate surface area is 202 Å². The van der Waals surface area contributed by atoms with Gasteiger partial charge in [0.2, 0.25) is 0 Å². The molecule has 7 heteroatoms. The molecule has 3 aromatic rings. The standard InChI is InChI=1S/C28H25NO6/c1-3-17-7-11-19(12-8-17)26(32)24-25(20-5-4-6-22(30)16-20)29(28(34)27(24)33)21-13-9-18(10-14-21)15-23(31)35-2/h4-14,16,25,30,32H,3,15H2,1-2H3/b26-24-. The molecular formula is C28H25NO6. The van der Waals surface area contributed by atoms with Gasteiger partial charge in [0.1, 0.15) is 11.5 Å². The van der Waals surface area contributed by atoms with Crippen molar-refractivity contribution >= 4 is 29.1 Å². The third-order valence-corrected chi connectivity index (χ3v) is 6.06. The first kappa shape index (κ1) is 23.8. The predicted octanol–water partition coefficient (Wildman–Crippen LogP) is 4.30. The number of amides is 1. The van der Waals surface area contributed by atoms with Crippen molar-refractivity contribution in [2.75, 3.05) is 12.0 Å². The van der Waals surface area contributed by atoms with Crippen LogP contribution >= 0.6 is 0 Å². The first-order chi connectivity index (χ1) is 16.8. The van der Waals surface area contributed by atoms with Gasteiger partial charge in [0.15, 0.2) is 0 Å². The van der Waals surface area contributed by atoms with E-state index in [1.165, 1.54) is 24.1 Å². The minimum atomic E-state index is -0.959. The van der Waals surface area contributed by atoms with E-state index in [1.54, 1.807) is 48.5 Å². The number of carbonyl (C=O) groups is 3. The smallest absolute Gasteiger partial charge is 0.309 e. The molecule has 0 aromatic heterocycles. The van der Waals surface area contributed by atoms with Crippen molar-refractivity contribution in [3.05, 3.63) is 101 Å². The highest BCUT2D eigenvalue weighted by Crippen LogP contribution is 2.42. The van der Waals surface area contributed by atoms with E-state index in [0.717, 1.165) is 12.0 Å². The van der Waals surface area contributed by atoms with E-state index in [4.69, 9.17) is 4.74 Å². The summed E-state index contributed by atoms with van der Waals surface area (Å²) in [6.07, 6.45) is 0.889. The van der Waals surface area contributed by atoms with Crippen LogP contribution in [0.5, 0.6) is 5.75 Å². The Morgan fingerprint density at radius 1 is 0.971 bits per heavy atom. The number of ether oxygens (including phenoxy) is 1. The number of ketones is 1. The molecule has 178 valence electrons. The summed E-state index contributed by atoms with van der Waals surface area (Å²) in [5.74, 6) is -2.34. The highest BCUT2D eigenvalue weighted by Gasteiger charge is 2.47. The molecule has 0 bridgehead atoms. The Morgan fingerprint density at radius 2 is 1.63 bits per heavy atom. The lowest BCUT2D eigenvalue weighted by Crippen LogP contribution is -2.29. The number of nitrogens with zero attached hydrogens (tertiary/aromatic N) is 1. The van der Waals surface area contributed by atoms with Crippen LogP contribution in [0.1, 0.15) is 35.2 Å². The van der Waals surface area contributed by atoms with Crippen LogP contribution in [0.25, 0.3) is 5.76 Å². The van der Waals surface area contributed by atoms with Crippen LogP contribution in [-0.2, 0) is 32.0 Å². The van der Waals surface area contributed by atoms with Crippen LogP contribution in [-0.4, -0.2) is 35.0 Å². The fourth-order valence-electron chi connectivity index (χ4n) is 4.18. The van der Waals surface area contributed by atoms with Gasteiger partial charge in [-0.05, 0) is 47.4 Å². The molecule has 0 spiro atoms. The van der Waals surface area contributed by atoms with Crippen LogP contribution in [0.3, 0.4) is 0 Å². The number of aliphatic hydroxyl groups excluding tert-OH is 1. The molecule has 1 fully saturated rings. The molecule has 0 saturated carbocycles. The molecule has 1 aliphatic heterocycles. The van der Waals surface area contributed by atoms with E-state index in [0.29, 0.717) is 22.4 Å². The van der Waals surface area contributed by atoms with E-state index >= 15 is 0 Å². The number of aromatic hydroxyl groups is 1. The average Bonchev–Trinajstić information content (AvgIpc) is 3.14. The summed E-state index contributed by atoms with van der Waals surface area (Å²) >= 11 is 0. The molecule has 1 amide bonds. The fourth-order valence-corrected chi connectivity index (χ4v) is 4.18. The van der Waals surface area contributed by atoms with Gasteiger partial charge in [-0.1, -0.05) is 55.5 Å². The zero-order valence-corrected chi connectivity index (χ0v) is 19.4. The van der Waals surface area contributed by atoms with Crippen molar-refractivity contribution in [1.29, 1.82) is 0 Å². The van der Waals surface area contributed by atoms with E-state index in [1.807, 2.05) is 19.1 Å². The summed E-state index contributed by atoms with van der Waals surface area (Å²) in [6, 6.07) is 19.0. The number of benzene rings is 3. The summed E-state index contributed by atoms with van der Waals surface area (Å²) in [5.41, 5.74) is 2.98. The number of phenolic OH excluding ortho intramolecular Hbond substituents is 1. The van der Waals surface area contributed by atoms with Gasteiger partial charge in [-0.15, -0.1) is 0 Å². The van der Waals surface area contributed by atoms with Gasteiger partial charge >= 0.3 is 5.97 Å². The van der Waals surface area contributed by atoms with E-state index in [2.05, 4.69) is 0 Å². The third-order valence-electron chi connectivity index (χ3n) is 6.06. The number of hydrogen-bond donors (Lipinski definition) is 2. The van der Waals surface area contributed by atoms with Crippen LogP contribution in [0.2, 0.25) is 0 Å². The molecule has 1 atom stereocenters. The largest absolute Gasteiger partial charge is 0.508 e. The number of aryl methyl sites for hydroxylation is 1. The molecule has 2 N–H and O–H groups in total. The van der Waals surface area contributed by atoms with Crippen molar-refractivity contribution in [1.82, 2.24) is 0 Å². The van der Waals surface area contributed by atoms with Crippen LogP contribution < -0.4 is 4.90 Å². The first-order valence-electron chi connectivity index (χ1n) is 11.2. The molecule has 1 saturated heterocycles. The van der Waals surface area contributed by atoms with Gasteiger partial charge in [-0.25, -0.2) is 0 Å². The zero-order valence-electron chi connectivity index (χ0n) is 19.4. The van der Waals surface area contributed by atoms with E-state index < -0.39 is 23.7 Å². The average molecular weight is 472 g/mol. The summed E-state index contributed by atoms with van der Waals surface area (Å²) in [5, 5.41) is 21.3. The van der Waals surface area contributed by atoms with Crippen molar-refractivity contribution in [3.63, 3.8) is 0 Å². The Balaban J connectivity index is 1.84. The van der Waals surface area contributed by atoms with Crippen LogP contribution in [0.4, 0.5) is 5.69 Å². The minimum absolute atomic E-state index is 0.0335. The maximum Gasteiger partial charge on any atom is 0.309 e. The Hall–Kier alpha value is -4.39. The molecule has 0 aliphatic carbocycles. The quantitative estimate of drug-likeness (QED) is 0.241. The highest BCUT2D eigenvalue weighted by molar-refractivity contribution is 6.51. The maximum atomic E-state index is 13.2. The fraction of sp³-hybridized carbons (Fsp3) is 0.179. The third kappa shape index (κ3) is 4.66. The van der Waals surface area contributed by atoms with E-state index in [-0.39, 0.29) is 23.5 Å². The number of phenols is 1. The minimum Gasteiger partial charge on any atom is -0.508 e. The number of aliphatic hydroxyl groups is 1. The predicted molar refractivity (Wildman–Crippen MR) is 131 cm³/mol. The van der Waals surface area contributed by atoms with Gasteiger partial charge in [0, 0.05) is 11.3 Å². The van der Waals surface area contributed by atoms with Crippen molar-refractivity contribution < 1.29 is 29.3 Å². The summed E-state index contributed by atoms with van der Waals surface area (Å²) in [4.78, 5) is 39.3. The second-order valence-electron chi connectivity index (χ2n) is 8.23. The number of methoxy groups -OCH3 is 1. The molecule has 1 unspecified atom stereocenters. The number of hydrogen-bond acceptors (Lipinski definition) is 6. The molecule has 1 aliphatic rings. The molecule has 1 heterocycles. The van der Waals surface area contributed by atoms with Gasteiger partial charge < -0.3 is 14.9 Å². The van der Waals surface area contributed by atoms with E-state index in [9.17, 15) is 24.6 Å². The molecule has 4 rings (SSSR count). The Kier molecular flexibility index (Phi) is 6.68. The number of anilines is 1. The zero-order chi connectivity index (χ0) is 25.1. The molecule has 3 aromatic carbocycles. The van der Waals surface area contributed by atoms with Crippen molar-refractivity contribution in [2.45, 2.75) is 25.8 Å². The number of Topliss-reactive ketones (excluding diaryl/α,β-unsaturated/α-hetero) is 1. The summed E-state index contributed by atoms with van der Waals surface area (Å²) < 4.78 is 4.69. The Morgan fingerprint density at radius 3 is 2.23 bits per heavy atom. The second-order valence-corrected chi connectivity index (χ2v) is 8.23. The Bertz CT molecular complexity index is 1310. The lowest BCUT2D eigenvalue weighted by atomic mass is 9.94. The van der Waals surface area contributed by atoms with Gasteiger partial charge in [0.05, 0.1) is 25.1 Å². The second kappa shape index (κ2) is 9.85. The van der Waals surface area contributed by atoms with Crippen LogP contribution in [0.15, 0.2) is 78.4 Å². The molecule has 7 nitrogen and oxygen atoms in total. The lowest BCUT2D eigenvalue weighted by molar-refractivity contribution is -0.139. The SMILES string of the molecule is CCc1ccc(/C(O)=C2/C(=O)C(=O)N(c3ccc(CC(=O)OC)cc3)C2c2cccc(O)c2)cc1. The number of carbonyl (C=O) groups excluding carboxylic acids is 3. The topological polar surface area (TPSA) is 104 Å². The van der Waals surface area contributed by atoms with Gasteiger partial charge in [0.25, 0.3) is 11.7 Å². The number of esters is 1. The molecule has 0 radical (unpaired) electrons.